The van der Waals surface area contributed by atoms with E-state index in [1.807, 2.05) is 18.2 Å². The molecule has 0 aromatic heterocycles. The van der Waals surface area contributed by atoms with Crippen molar-refractivity contribution in [3.8, 4) is 11.5 Å². The molecule has 2 aromatic rings. The number of amides is 2. The first-order valence-electron chi connectivity index (χ1n) is 8.57. The van der Waals surface area contributed by atoms with Crippen molar-refractivity contribution in [1.29, 1.82) is 0 Å². The third-order valence-electron chi connectivity index (χ3n) is 4.58. The SMILES string of the molecule is COc1ccc(OC)c(N2C[C@@H](C(=O)NCc3ccccc3Cl)CC2=O)c1. The monoisotopic (exact) mass is 388 g/mol. The van der Waals surface area contributed by atoms with Crippen molar-refractivity contribution in [3.05, 3.63) is 53.1 Å². The van der Waals surface area contributed by atoms with Gasteiger partial charge in [0.2, 0.25) is 11.8 Å². The van der Waals surface area contributed by atoms with E-state index in [1.165, 1.54) is 0 Å². The average Bonchev–Trinajstić information content (AvgIpc) is 3.08. The van der Waals surface area contributed by atoms with Gasteiger partial charge in [-0.25, -0.2) is 0 Å². The quantitative estimate of drug-likeness (QED) is 0.826. The largest absolute Gasteiger partial charge is 0.497 e. The Balaban J connectivity index is 1.70. The summed E-state index contributed by atoms with van der Waals surface area (Å²) in [5, 5.41) is 3.47. The van der Waals surface area contributed by atoms with Gasteiger partial charge in [0.1, 0.15) is 11.5 Å². The van der Waals surface area contributed by atoms with Gasteiger partial charge in [0, 0.05) is 30.6 Å². The summed E-state index contributed by atoms with van der Waals surface area (Å²) in [5.74, 6) is 0.439. The number of hydrogen-bond acceptors (Lipinski definition) is 4. The Kier molecular flexibility index (Phi) is 5.86. The van der Waals surface area contributed by atoms with E-state index < -0.39 is 5.92 Å². The molecular formula is C20H21ClN2O4. The third kappa shape index (κ3) is 4.17. The topological polar surface area (TPSA) is 67.9 Å². The Labute approximate surface area is 163 Å². The second-order valence-corrected chi connectivity index (χ2v) is 6.66. The molecule has 7 heteroatoms. The van der Waals surface area contributed by atoms with Crippen molar-refractivity contribution >= 4 is 29.1 Å². The number of carbonyl (C=O) groups is 2. The molecule has 3 rings (SSSR count). The molecule has 6 nitrogen and oxygen atoms in total. The van der Waals surface area contributed by atoms with E-state index in [1.54, 1.807) is 43.4 Å². The molecule has 1 atom stereocenters. The number of carbonyl (C=O) groups excluding carboxylic acids is 2. The molecule has 1 saturated heterocycles. The molecule has 1 aliphatic rings. The van der Waals surface area contributed by atoms with Crippen molar-refractivity contribution in [2.75, 3.05) is 25.7 Å². The summed E-state index contributed by atoms with van der Waals surface area (Å²) >= 11 is 6.12. The second-order valence-electron chi connectivity index (χ2n) is 6.25. The van der Waals surface area contributed by atoms with Gasteiger partial charge in [0.15, 0.2) is 0 Å². The van der Waals surface area contributed by atoms with Crippen LogP contribution in [0.4, 0.5) is 5.69 Å². The first-order chi connectivity index (χ1) is 13.0. The summed E-state index contributed by atoms with van der Waals surface area (Å²) < 4.78 is 10.6. The number of halogens is 1. The third-order valence-corrected chi connectivity index (χ3v) is 4.95. The molecule has 1 N–H and O–H groups in total. The maximum atomic E-state index is 12.5. The van der Waals surface area contributed by atoms with E-state index >= 15 is 0 Å². The molecule has 1 fully saturated rings. The maximum Gasteiger partial charge on any atom is 0.227 e. The number of nitrogens with zero attached hydrogens (tertiary/aromatic N) is 1. The number of nitrogens with one attached hydrogen (secondary N) is 1. The highest BCUT2D eigenvalue weighted by Gasteiger charge is 2.36. The minimum atomic E-state index is -0.434. The summed E-state index contributed by atoms with van der Waals surface area (Å²) in [6.45, 7) is 0.613. The van der Waals surface area contributed by atoms with Gasteiger partial charge in [-0.05, 0) is 23.8 Å². The average molecular weight is 389 g/mol. The Morgan fingerprint density at radius 2 is 2.00 bits per heavy atom. The Morgan fingerprint density at radius 3 is 2.70 bits per heavy atom. The Morgan fingerprint density at radius 1 is 1.22 bits per heavy atom. The summed E-state index contributed by atoms with van der Waals surface area (Å²) in [6, 6.07) is 12.6. The van der Waals surface area contributed by atoms with Crippen LogP contribution in [0.1, 0.15) is 12.0 Å². The molecule has 2 amide bonds. The number of anilines is 1. The lowest BCUT2D eigenvalue weighted by Crippen LogP contribution is -2.32. The highest BCUT2D eigenvalue weighted by molar-refractivity contribution is 6.31. The fourth-order valence-electron chi connectivity index (χ4n) is 3.09. The van der Waals surface area contributed by atoms with E-state index in [-0.39, 0.29) is 24.8 Å². The van der Waals surface area contributed by atoms with Crippen molar-refractivity contribution < 1.29 is 19.1 Å². The van der Waals surface area contributed by atoms with Gasteiger partial charge in [-0.1, -0.05) is 29.8 Å². The highest BCUT2D eigenvalue weighted by atomic mass is 35.5. The predicted molar refractivity (Wildman–Crippen MR) is 103 cm³/mol. The molecule has 1 aliphatic heterocycles. The van der Waals surface area contributed by atoms with Crippen LogP contribution >= 0.6 is 11.6 Å². The lowest BCUT2D eigenvalue weighted by Gasteiger charge is -2.20. The second kappa shape index (κ2) is 8.31. The van der Waals surface area contributed by atoms with Crippen molar-refractivity contribution in [2.24, 2.45) is 5.92 Å². The zero-order valence-electron chi connectivity index (χ0n) is 15.2. The summed E-state index contributed by atoms with van der Waals surface area (Å²) in [6.07, 6.45) is 0.148. The smallest absolute Gasteiger partial charge is 0.227 e. The highest BCUT2D eigenvalue weighted by Crippen LogP contribution is 2.36. The fourth-order valence-corrected chi connectivity index (χ4v) is 3.29. The van der Waals surface area contributed by atoms with Crippen LogP contribution in [0, 0.1) is 5.92 Å². The molecule has 1 heterocycles. The van der Waals surface area contributed by atoms with Gasteiger partial charge in [0.05, 0.1) is 25.8 Å². The standard InChI is InChI=1S/C20H21ClN2O4/c1-26-15-7-8-18(27-2)17(10-15)23-12-14(9-19(23)24)20(25)22-11-13-5-3-4-6-16(13)21/h3-8,10,14H,9,11-12H2,1-2H3,(H,22,25)/t14-/m0/s1. The van der Waals surface area contributed by atoms with E-state index in [9.17, 15) is 9.59 Å². The van der Waals surface area contributed by atoms with E-state index in [2.05, 4.69) is 5.32 Å². The molecule has 0 bridgehead atoms. The van der Waals surface area contributed by atoms with Crippen LogP contribution < -0.4 is 19.7 Å². The zero-order chi connectivity index (χ0) is 19.4. The van der Waals surface area contributed by atoms with Gasteiger partial charge in [-0.15, -0.1) is 0 Å². The Bertz CT molecular complexity index is 856. The minimum Gasteiger partial charge on any atom is -0.497 e. The van der Waals surface area contributed by atoms with Crippen LogP contribution in [0.3, 0.4) is 0 Å². The number of hydrogen-bond donors (Lipinski definition) is 1. The summed E-state index contributed by atoms with van der Waals surface area (Å²) in [4.78, 5) is 26.6. The van der Waals surface area contributed by atoms with Crippen LogP contribution in [0.25, 0.3) is 0 Å². The van der Waals surface area contributed by atoms with Gasteiger partial charge in [-0.2, -0.15) is 0 Å². The van der Waals surface area contributed by atoms with Crippen molar-refractivity contribution in [2.45, 2.75) is 13.0 Å². The number of rotatable bonds is 6. The first kappa shape index (κ1) is 19.0. The van der Waals surface area contributed by atoms with Gasteiger partial charge >= 0.3 is 0 Å². The maximum absolute atomic E-state index is 12.5. The van der Waals surface area contributed by atoms with E-state index in [0.717, 1.165) is 5.56 Å². The van der Waals surface area contributed by atoms with Crippen molar-refractivity contribution in [1.82, 2.24) is 5.32 Å². The minimum absolute atomic E-state index is 0.126. The first-order valence-corrected chi connectivity index (χ1v) is 8.94. The molecule has 27 heavy (non-hydrogen) atoms. The molecule has 0 saturated carbocycles. The van der Waals surface area contributed by atoms with Gasteiger partial charge in [-0.3, -0.25) is 9.59 Å². The van der Waals surface area contributed by atoms with Crippen LogP contribution in [0.15, 0.2) is 42.5 Å². The molecular weight excluding hydrogens is 368 g/mol. The van der Waals surface area contributed by atoms with Crippen LogP contribution in [-0.4, -0.2) is 32.6 Å². The lowest BCUT2D eigenvalue weighted by atomic mass is 10.1. The zero-order valence-corrected chi connectivity index (χ0v) is 16.0. The van der Waals surface area contributed by atoms with Crippen LogP contribution in [-0.2, 0) is 16.1 Å². The lowest BCUT2D eigenvalue weighted by molar-refractivity contribution is -0.126. The number of ether oxygens (including phenoxy) is 2. The van der Waals surface area contributed by atoms with Crippen LogP contribution in [0.5, 0.6) is 11.5 Å². The van der Waals surface area contributed by atoms with Gasteiger partial charge < -0.3 is 19.7 Å². The van der Waals surface area contributed by atoms with Crippen molar-refractivity contribution in [3.63, 3.8) is 0 Å². The molecule has 0 spiro atoms. The molecule has 0 radical (unpaired) electrons. The molecule has 0 aliphatic carbocycles. The summed E-state index contributed by atoms with van der Waals surface area (Å²) in [7, 11) is 3.10. The summed E-state index contributed by atoms with van der Waals surface area (Å²) in [5.41, 5.74) is 1.44. The molecule has 0 unspecified atom stereocenters. The predicted octanol–water partition coefficient (Wildman–Crippen LogP) is 3.03. The normalized spacial score (nSPS) is 16.3. The molecule has 2 aromatic carbocycles. The van der Waals surface area contributed by atoms with Gasteiger partial charge in [0.25, 0.3) is 0 Å². The van der Waals surface area contributed by atoms with Crippen LogP contribution in [0.2, 0.25) is 5.02 Å². The van der Waals surface area contributed by atoms with E-state index in [4.69, 9.17) is 21.1 Å². The number of methoxy groups -OCH3 is 2. The molecule has 142 valence electrons. The number of benzene rings is 2. The fraction of sp³-hybridized carbons (Fsp3) is 0.300. The van der Waals surface area contributed by atoms with E-state index in [0.29, 0.717) is 28.8 Å². The Hall–Kier alpha value is -2.73.